The first-order chi connectivity index (χ1) is 12.8. The molecule has 150 valence electrons. The molecule has 1 saturated heterocycles. The summed E-state index contributed by atoms with van der Waals surface area (Å²) >= 11 is 5.11. The Kier molecular flexibility index (Phi) is 7.96. The predicted octanol–water partition coefficient (Wildman–Crippen LogP) is -0.885. The van der Waals surface area contributed by atoms with E-state index in [9.17, 15) is 13.2 Å². The summed E-state index contributed by atoms with van der Waals surface area (Å²) in [5, 5.41) is 3.32. The number of benzene rings is 1. The summed E-state index contributed by atoms with van der Waals surface area (Å²) in [6.45, 7) is 2.77. The van der Waals surface area contributed by atoms with E-state index in [1.165, 1.54) is 21.3 Å². The molecule has 0 bridgehead atoms. The van der Waals surface area contributed by atoms with Crippen LogP contribution in [-0.2, 0) is 10.0 Å². The van der Waals surface area contributed by atoms with Crippen molar-refractivity contribution in [2.75, 3.05) is 40.3 Å². The molecule has 0 saturated carbocycles. The van der Waals surface area contributed by atoms with E-state index in [1.807, 2.05) is 0 Å². The van der Waals surface area contributed by atoms with E-state index < -0.39 is 15.9 Å². The van der Waals surface area contributed by atoms with Crippen LogP contribution in [0.1, 0.15) is 29.6 Å². The van der Waals surface area contributed by atoms with E-state index in [2.05, 4.69) is 30.3 Å². The number of carbonyl (C=O) groups excluding carboxylic acids is 1. The summed E-state index contributed by atoms with van der Waals surface area (Å²) in [6.07, 6.45) is 2.68. The normalized spacial score (nSPS) is 14.9. The highest BCUT2D eigenvalue weighted by Crippen LogP contribution is 2.21. The smallest absolute Gasteiger partial charge is 0.269 e. The van der Waals surface area contributed by atoms with Gasteiger partial charge < -0.3 is 10.2 Å². The Morgan fingerprint density at radius 1 is 1.22 bits per heavy atom. The maximum Gasteiger partial charge on any atom is 0.269 e. The van der Waals surface area contributed by atoms with Gasteiger partial charge in [0.2, 0.25) is 10.0 Å². The molecule has 0 atom stereocenters. The summed E-state index contributed by atoms with van der Waals surface area (Å²) in [6, 6.07) is 6.03. The Hall–Kier alpha value is -1.75. The third kappa shape index (κ3) is 6.42. The molecule has 2 rings (SSSR count). The van der Waals surface area contributed by atoms with Gasteiger partial charge in [-0.25, -0.2) is 8.42 Å². The molecular weight excluding hydrogens is 386 g/mol. The molecule has 1 aromatic rings. The number of hydrogen-bond acceptors (Lipinski definition) is 4. The molecule has 0 spiro atoms. The van der Waals surface area contributed by atoms with Crippen molar-refractivity contribution in [3.63, 3.8) is 0 Å². The van der Waals surface area contributed by atoms with Crippen molar-refractivity contribution in [3.8, 4) is 0 Å². The number of carbonyl (C=O) groups is 1. The van der Waals surface area contributed by atoms with Crippen molar-refractivity contribution in [2.24, 2.45) is 0 Å². The highest BCUT2D eigenvalue weighted by atomic mass is 32.2. The summed E-state index contributed by atoms with van der Waals surface area (Å²) in [5.41, 5.74) is 5.38. The van der Waals surface area contributed by atoms with Crippen molar-refractivity contribution in [1.29, 1.82) is 0 Å². The summed E-state index contributed by atoms with van der Waals surface area (Å²) < 4.78 is 26.7. The standard InChI is InChI=1S/C17H27N5O3S2/c1-21(2)10-6-9-18-17(26)20-19-16(23)14-7-5-8-15(13-14)27(24,25)22-11-3-4-12-22/h5,7-8,13H,3-4,6,9-12H2,1-2H3,(H,19,23)(H2,18,20,26)/p+1. The summed E-state index contributed by atoms with van der Waals surface area (Å²) in [7, 11) is 0.601. The van der Waals surface area contributed by atoms with Gasteiger partial charge in [0.15, 0.2) is 5.11 Å². The van der Waals surface area contributed by atoms with Crippen molar-refractivity contribution >= 4 is 33.3 Å². The van der Waals surface area contributed by atoms with Crippen LogP contribution in [-0.4, -0.2) is 64.0 Å². The van der Waals surface area contributed by atoms with Crippen molar-refractivity contribution in [1.82, 2.24) is 20.5 Å². The maximum atomic E-state index is 12.6. The van der Waals surface area contributed by atoms with Gasteiger partial charge in [-0.05, 0) is 43.3 Å². The van der Waals surface area contributed by atoms with Gasteiger partial charge in [-0.15, -0.1) is 0 Å². The Labute approximate surface area is 166 Å². The molecule has 0 aromatic heterocycles. The van der Waals surface area contributed by atoms with E-state index in [0.717, 1.165) is 25.8 Å². The Morgan fingerprint density at radius 3 is 2.59 bits per heavy atom. The first kappa shape index (κ1) is 21.5. The zero-order valence-electron chi connectivity index (χ0n) is 15.7. The van der Waals surface area contributed by atoms with Gasteiger partial charge in [0.1, 0.15) is 0 Å². The molecule has 1 fully saturated rings. The average molecular weight is 415 g/mol. The molecule has 1 amide bonds. The van der Waals surface area contributed by atoms with Crippen LogP contribution in [0, 0.1) is 0 Å². The van der Waals surface area contributed by atoms with Crippen LogP contribution >= 0.6 is 12.2 Å². The predicted molar refractivity (Wildman–Crippen MR) is 108 cm³/mol. The van der Waals surface area contributed by atoms with E-state index in [1.54, 1.807) is 12.1 Å². The Bertz CT molecular complexity index is 762. The molecule has 0 aliphatic carbocycles. The van der Waals surface area contributed by atoms with E-state index in [-0.39, 0.29) is 10.5 Å². The highest BCUT2D eigenvalue weighted by Gasteiger charge is 2.27. The van der Waals surface area contributed by atoms with Crippen LogP contribution < -0.4 is 21.1 Å². The fourth-order valence-electron chi connectivity index (χ4n) is 2.75. The molecular formula is C17H28N5O3S2+. The minimum Gasteiger partial charge on any atom is -0.361 e. The summed E-state index contributed by atoms with van der Waals surface area (Å²) in [5.74, 6) is -0.449. The molecule has 27 heavy (non-hydrogen) atoms. The lowest BCUT2D eigenvalue weighted by Crippen LogP contribution is -3.05. The fourth-order valence-corrected chi connectivity index (χ4v) is 4.47. The molecule has 1 heterocycles. The van der Waals surface area contributed by atoms with Crippen LogP contribution in [0.5, 0.6) is 0 Å². The number of sulfonamides is 1. The number of thiocarbonyl (C=S) groups is 1. The third-order valence-electron chi connectivity index (χ3n) is 4.23. The van der Waals surface area contributed by atoms with Gasteiger partial charge in [0.05, 0.1) is 25.5 Å². The molecule has 4 N–H and O–H groups in total. The second-order valence-electron chi connectivity index (χ2n) is 6.78. The molecule has 0 radical (unpaired) electrons. The van der Waals surface area contributed by atoms with E-state index >= 15 is 0 Å². The number of hydrogen-bond donors (Lipinski definition) is 4. The maximum absolute atomic E-state index is 12.6. The zero-order chi connectivity index (χ0) is 19.9. The van der Waals surface area contributed by atoms with Crippen molar-refractivity contribution < 1.29 is 18.1 Å². The summed E-state index contributed by atoms with van der Waals surface area (Å²) in [4.78, 5) is 13.8. The lowest BCUT2D eigenvalue weighted by molar-refractivity contribution is -0.858. The van der Waals surface area contributed by atoms with Crippen LogP contribution in [0.2, 0.25) is 0 Å². The number of amides is 1. The Balaban J connectivity index is 1.89. The molecule has 1 aliphatic heterocycles. The topological polar surface area (TPSA) is 95.0 Å². The van der Waals surface area contributed by atoms with Gasteiger partial charge in [-0.3, -0.25) is 15.6 Å². The van der Waals surface area contributed by atoms with Crippen LogP contribution in [0.25, 0.3) is 0 Å². The number of nitrogens with zero attached hydrogens (tertiary/aromatic N) is 1. The highest BCUT2D eigenvalue weighted by molar-refractivity contribution is 7.89. The molecule has 10 heteroatoms. The number of rotatable bonds is 7. The quantitative estimate of drug-likeness (QED) is 0.263. The lowest BCUT2D eigenvalue weighted by Gasteiger charge is -2.16. The van der Waals surface area contributed by atoms with Gasteiger partial charge in [-0.2, -0.15) is 4.31 Å². The van der Waals surface area contributed by atoms with Crippen LogP contribution in [0.4, 0.5) is 0 Å². The first-order valence-corrected chi connectivity index (χ1v) is 10.9. The SMILES string of the molecule is C[NH+](C)CCCNC(=S)NNC(=O)c1cccc(S(=O)(=O)N2CCCC2)c1. The molecule has 0 unspecified atom stereocenters. The van der Waals surface area contributed by atoms with Crippen molar-refractivity contribution in [3.05, 3.63) is 29.8 Å². The average Bonchev–Trinajstić information content (AvgIpc) is 3.19. The second kappa shape index (κ2) is 9.98. The second-order valence-corrected chi connectivity index (χ2v) is 9.13. The number of nitrogens with one attached hydrogen (secondary N) is 4. The first-order valence-electron chi connectivity index (χ1n) is 9.04. The number of quaternary nitrogens is 1. The third-order valence-corrected chi connectivity index (χ3v) is 6.37. The Morgan fingerprint density at radius 2 is 1.93 bits per heavy atom. The largest absolute Gasteiger partial charge is 0.361 e. The zero-order valence-corrected chi connectivity index (χ0v) is 17.4. The van der Waals surface area contributed by atoms with Gasteiger partial charge >= 0.3 is 0 Å². The minimum absolute atomic E-state index is 0.129. The number of hydrazine groups is 1. The molecule has 1 aromatic carbocycles. The molecule has 8 nitrogen and oxygen atoms in total. The fraction of sp³-hybridized carbons (Fsp3) is 0.529. The van der Waals surface area contributed by atoms with E-state index in [0.29, 0.717) is 24.7 Å². The lowest BCUT2D eigenvalue weighted by atomic mass is 10.2. The van der Waals surface area contributed by atoms with E-state index in [4.69, 9.17) is 12.2 Å². The van der Waals surface area contributed by atoms with Crippen LogP contribution in [0.3, 0.4) is 0 Å². The van der Waals surface area contributed by atoms with Crippen LogP contribution in [0.15, 0.2) is 29.2 Å². The van der Waals surface area contributed by atoms with Crippen molar-refractivity contribution in [2.45, 2.75) is 24.2 Å². The monoisotopic (exact) mass is 414 g/mol. The minimum atomic E-state index is -3.56. The van der Waals surface area contributed by atoms with Gasteiger partial charge in [-0.1, -0.05) is 6.07 Å². The molecule has 1 aliphatic rings. The van der Waals surface area contributed by atoms with Gasteiger partial charge in [0.25, 0.3) is 5.91 Å². The van der Waals surface area contributed by atoms with Gasteiger partial charge in [0, 0.05) is 31.6 Å².